The fraction of sp³-hybridized carbons (Fsp3) is 0.0286. The van der Waals surface area contributed by atoms with Gasteiger partial charge in [-0.3, -0.25) is 0 Å². The Labute approximate surface area is 210 Å². The van der Waals surface area contributed by atoms with E-state index in [-0.39, 0.29) is 0 Å². The molecule has 0 aliphatic heterocycles. The molecule has 7 aromatic rings. The van der Waals surface area contributed by atoms with Gasteiger partial charge in [-0.1, -0.05) is 109 Å². The predicted octanol–water partition coefficient (Wildman–Crippen LogP) is 9.19. The monoisotopic (exact) mass is 459 g/mol. The molecule has 0 saturated heterocycles. The number of nitrogens with zero attached hydrogens (tertiary/aromatic N) is 1. The minimum absolute atomic E-state index is 0.936. The Bertz CT molecular complexity index is 1830. The second kappa shape index (κ2) is 8.55. The molecule has 0 aliphatic rings. The molecular formula is C35H25N. The summed E-state index contributed by atoms with van der Waals surface area (Å²) in [6, 6.07) is 50.5. The first kappa shape index (κ1) is 20.7. The topological polar surface area (TPSA) is 4.93 Å². The van der Waals surface area contributed by atoms with Crippen LogP contribution in [0.3, 0.4) is 0 Å². The van der Waals surface area contributed by atoms with Crippen LogP contribution in [-0.4, -0.2) is 4.57 Å². The van der Waals surface area contributed by atoms with Crippen molar-refractivity contribution in [2.75, 3.05) is 0 Å². The number of hydrogen-bond donors (Lipinski definition) is 0. The molecule has 0 aliphatic carbocycles. The van der Waals surface area contributed by atoms with Gasteiger partial charge in [-0.15, -0.1) is 0 Å². The minimum atomic E-state index is 0.936. The van der Waals surface area contributed by atoms with Gasteiger partial charge in [-0.05, 0) is 69.8 Å². The van der Waals surface area contributed by atoms with E-state index < -0.39 is 0 Å². The van der Waals surface area contributed by atoms with E-state index in [9.17, 15) is 0 Å². The van der Waals surface area contributed by atoms with Gasteiger partial charge in [0, 0.05) is 16.5 Å². The first-order valence-corrected chi connectivity index (χ1v) is 12.5. The molecule has 0 N–H and O–H groups in total. The van der Waals surface area contributed by atoms with Crippen LogP contribution in [0.4, 0.5) is 0 Å². The molecule has 0 amide bonds. The maximum absolute atomic E-state index is 2.36. The summed E-state index contributed by atoms with van der Waals surface area (Å²) in [5.41, 5.74) is 8.85. The van der Waals surface area contributed by atoms with E-state index in [0.29, 0.717) is 0 Å². The molecule has 0 unspecified atom stereocenters. The van der Waals surface area contributed by atoms with Crippen molar-refractivity contribution in [2.45, 2.75) is 6.42 Å². The maximum Gasteiger partial charge on any atom is 0.0541 e. The number of para-hydroxylation sites is 2. The fourth-order valence-electron chi connectivity index (χ4n) is 5.49. The van der Waals surface area contributed by atoms with Gasteiger partial charge in [0.25, 0.3) is 0 Å². The highest BCUT2D eigenvalue weighted by Crippen LogP contribution is 2.35. The standard InChI is InChI=1S/C35H25N/c1-2-12-30(13-3-1)36-34-16-7-6-15-32(34)33-24-28(21-22-35(33)36)26-19-17-25(18-20-26)23-29-11-8-10-27-9-4-5-14-31(27)29/h1-22,24H,23H2. The smallest absolute Gasteiger partial charge is 0.0541 e. The lowest BCUT2D eigenvalue weighted by atomic mass is 9.96. The van der Waals surface area contributed by atoms with Crippen LogP contribution in [0.1, 0.15) is 11.1 Å². The van der Waals surface area contributed by atoms with Crippen molar-refractivity contribution >= 4 is 32.6 Å². The van der Waals surface area contributed by atoms with Crippen LogP contribution in [0.2, 0.25) is 0 Å². The highest BCUT2D eigenvalue weighted by Gasteiger charge is 2.13. The lowest BCUT2D eigenvalue weighted by Crippen LogP contribution is -1.93. The molecule has 6 aromatic carbocycles. The summed E-state index contributed by atoms with van der Waals surface area (Å²) in [5, 5.41) is 5.21. The zero-order chi connectivity index (χ0) is 23.9. The average molecular weight is 460 g/mol. The van der Waals surface area contributed by atoms with E-state index >= 15 is 0 Å². The molecule has 0 saturated carbocycles. The summed E-state index contributed by atoms with van der Waals surface area (Å²) in [6.45, 7) is 0. The second-order valence-electron chi connectivity index (χ2n) is 9.43. The van der Waals surface area contributed by atoms with Crippen molar-refractivity contribution in [3.8, 4) is 16.8 Å². The van der Waals surface area contributed by atoms with Gasteiger partial charge in [0.2, 0.25) is 0 Å². The maximum atomic E-state index is 2.36. The van der Waals surface area contributed by atoms with Crippen LogP contribution < -0.4 is 0 Å². The lowest BCUT2D eigenvalue weighted by Gasteiger charge is -2.09. The molecule has 7 rings (SSSR count). The molecule has 1 heteroatoms. The molecule has 170 valence electrons. The van der Waals surface area contributed by atoms with E-state index in [2.05, 4.69) is 144 Å². The van der Waals surface area contributed by atoms with Gasteiger partial charge in [0.05, 0.1) is 11.0 Å². The van der Waals surface area contributed by atoms with Gasteiger partial charge in [-0.2, -0.15) is 0 Å². The highest BCUT2D eigenvalue weighted by molar-refractivity contribution is 6.10. The van der Waals surface area contributed by atoms with Crippen LogP contribution in [0.15, 0.2) is 140 Å². The first-order valence-electron chi connectivity index (χ1n) is 12.5. The second-order valence-corrected chi connectivity index (χ2v) is 9.43. The highest BCUT2D eigenvalue weighted by atomic mass is 15.0. The first-order chi connectivity index (χ1) is 17.8. The molecule has 0 fully saturated rings. The van der Waals surface area contributed by atoms with Gasteiger partial charge in [0.1, 0.15) is 0 Å². The molecule has 0 bridgehead atoms. The van der Waals surface area contributed by atoms with E-state index in [1.165, 1.54) is 60.5 Å². The van der Waals surface area contributed by atoms with E-state index in [1.54, 1.807) is 0 Å². The molecule has 0 atom stereocenters. The summed E-state index contributed by atoms with van der Waals surface area (Å²) in [6.07, 6.45) is 0.936. The quantitative estimate of drug-likeness (QED) is 0.247. The van der Waals surface area contributed by atoms with Gasteiger partial charge in [-0.25, -0.2) is 0 Å². The van der Waals surface area contributed by atoms with Crippen molar-refractivity contribution < 1.29 is 0 Å². The number of benzene rings is 6. The predicted molar refractivity (Wildman–Crippen MR) is 153 cm³/mol. The number of hydrogen-bond acceptors (Lipinski definition) is 0. The van der Waals surface area contributed by atoms with Gasteiger partial charge in [0.15, 0.2) is 0 Å². The summed E-state index contributed by atoms with van der Waals surface area (Å²) >= 11 is 0. The molecule has 1 aromatic heterocycles. The van der Waals surface area contributed by atoms with Crippen molar-refractivity contribution in [2.24, 2.45) is 0 Å². The van der Waals surface area contributed by atoms with Crippen LogP contribution in [0.25, 0.3) is 49.4 Å². The van der Waals surface area contributed by atoms with Crippen molar-refractivity contribution in [1.29, 1.82) is 0 Å². The lowest BCUT2D eigenvalue weighted by molar-refractivity contribution is 1.18. The zero-order valence-electron chi connectivity index (χ0n) is 19.9. The summed E-state index contributed by atoms with van der Waals surface area (Å²) in [4.78, 5) is 0. The third-order valence-corrected chi connectivity index (χ3v) is 7.25. The summed E-state index contributed by atoms with van der Waals surface area (Å²) < 4.78 is 2.36. The molecule has 0 radical (unpaired) electrons. The van der Waals surface area contributed by atoms with Crippen LogP contribution in [0.5, 0.6) is 0 Å². The van der Waals surface area contributed by atoms with Crippen LogP contribution in [-0.2, 0) is 6.42 Å². The average Bonchev–Trinajstić information content (AvgIpc) is 3.28. The minimum Gasteiger partial charge on any atom is -0.309 e. The number of fused-ring (bicyclic) bond motifs is 4. The Morgan fingerprint density at radius 1 is 0.444 bits per heavy atom. The molecule has 0 spiro atoms. The van der Waals surface area contributed by atoms with Gasteiger partial charge >= 0.3 is 0 Å². The summed E-state index contributed by atoms with van der Waals surface area (Å²) in [5.74, 6) is 0. The van der Waals surface area contributed by atoms with Crippen molar-refractivity contribution in [3.63, 3.8) is 0 Å². The van der Waals surface area contributed by atoms with Crippen molar-refractivity contribution in [1.82, 2.24) is 4.57 Å². The van der Waals surface area contributed by atoms with E-state index in [4.69, 9.17) is 0 Å². The SMILES string of the molecule is c1ccc(-n2c3ccccc3c3cc(-c4ccc(Cc5cccc6ccccc56)cc4)ccc32)cc1. The molecule has 1 heterocycles. The number of aromatic nitrogens is 1. The van der Waals surface area contributed by atoms with Crippen LogP contribution >= 0.6 is 0 Å². The third kappa shape index (κ3) is 3.49. The normalized spacial score (nSPS) is 11.4. The molecule has 1 nitrogen and oxygen atoms in total. The number of rotatable bonds is 4. The Hall–Kier alpha value is -4.62. The zero-order valence-corrected chi connectivity index (χ0v) is 19.9. The van der Waals surface area contributed by atoms with E-state index in [1.807, 2.05) is 0 Å². The Morgan fingerprint density at radius 2 is 1.11 bits per heavy atom. The van der Waals surface area contributed by atoms with E-state index in [0.717, 1.165) is 6.42 Å². The Morgan fingerprint density at radius 3 is 1.97 bits per heavy atom. The Kier molecular flexibility index (Phi) is 4.92. The van der Waals surface area contributed by atoms with Crippen LogP contribution in [0, 0.1) is 0 Å². The summed E-state index contributed by atoms with van der Waals surface area (Å²) in [7, 11) is 0. The molecular weight excluding hydrogens is 434 g/mol. The van der Waals surface area contributed by atoms with Gasteiger partial charge < -0.3 is 4.57 Å². The fourth-order valence-corrected chi connectivity index (χ4v) is 5.49. The third-order valence-electron chi connectivity index (χ3n) is 7.25. The van der Waals surface area contributed by atoms with Crippen molar-refractivity contribution in [3.05, 3.63) is 151 Å². The molecule has 36 heavy (non-hydrogen) atoms. The Balaban J connectivity index is 1.27. The largest absolute Gasteiger partial charge is 0.309 e.